The molecule has 1 fully saturated rings. The molecule has 0 atom stereocenters. The number of anilines is 2. The standard InChI is InChI=1S/C22H22ClN3O4/c1-25(22(28)20-13-15-12-16(23)2-7-19(15)30-20)14-21(27)24-17-3-5-18(6-4-17)26-8-10-29-11-9-26/h2-7,12-13H,8-11,14H2,1H3,(H,24,27). The number of halogens is 1. The third kappa shape index (κ3) is 4.58. The van der Waals surface area contributed by atoms with Crippen molar-refractivity contribution in [3.63, 3.8) is 0 Å². The maximum absolute atomic E-state index is 12.6. The molecule has 0 aliphatic carbocycles. The first-order chi connectivity index (χ1) is 14.5. The molecule has 1 N–H and O–H groups in total. The predicted molar refractivity (Wildman–Crippen MR) is 116 cm³/mol. The number of likely N-dealkylation sites (N-methyl/N-ethyl adjacent to an activating group) is 1. The number of nitrogens with one attached hydrogen (secondary N) is 1. The van der Waals surface area contributed by atoms with Gasteiger partial charge in [-0.2, -0.15) is 0 Å². The number of morpholine rings is 1. The van der Waals surface area contributed by atoms with E-state index in [1.807, 2.05) is 24.3 Å². The second kappa shape index (κ2) is 8.77. The maximum Gasteiger partial charge on any atom is 0.289 e. The third-order valence-electron chi connectivity index (χ3n) is 4.94. The summed E-state index contributed by atoms with van der Waals surface area (Å²) in [6.45, 7) is 3.05. The van der Waals surface area contributed by atoms with Crippen LogP contribution in [0.5, 0.6) is 0 Å². The number of carbonyl (C=O) groups excluding carboxylic acids is 2. The molecule has 0 radical (unpaired) electrons. The molecule has 7 nitrogen and oxygen atoms in total. The number of carbonyl (C=O) groups is 2. The molecule has 1 saturated heterocycles. The normalized spacial score (nSPS) is 14.0. The van der Waals surface area contributed by atoms with Crippen LogP contribution >= 0.6 is 11.6 Å². The van der Waals surface area contributed by atoms with Crippen LogP contribution < -0.4 is 10.2 Å². The molecule has 8 heteroatoms. The van der Waals surface area contributed by atoms with Crippen molar-refractivity contribution in [3.05, 3.63) is 59.3 Å². The molecule has 1 aliphatic heterocycles. The topological polar surface area (TPSA) is 75.0 Å². The lowest BCUT2D eigenvalue weighted by molar-refractivity contribution is -0.116. The lowest BCUT2D eigenvalue weighted by Crippen LogP contribution is -2.36. The fourth-order valence-corrected chi connectivity index (χ4v) is 3.55. The number of fused-ring (bicyclic) bond motifs is 1. The van der Waals surface area contributed by atoms with Crippen molar-refractivity contribution < 1.29 is 18.7 Å². The van der Waals surface area contributed by atoms with Crippen molar-refractivity contribution in [1.29, 1.82) is 0 Å². The summed E-state index contributed by atoms with van der Waals surface area (Å²) in [6.07, 6.45) is 0. The molecule has 0 unspecified atom stereocenters. The zero-order valence-corrected chi connectivity index (χ0v) is 17.3. The Kier molecular flexibility index (Phi) is 5.92. The van der Waals surface area contributed by atoms with Gasteiger partial charge in [0, 0.05) is 41.9 Å². The van der Waals surface area contributed by atoms with Gasteiger partial charge in [0.25, 0.3) is 5.91 Å². The van der Waals surface area contributed by atoms with Crippen molar-refractivity contribution in [2.75, 3.05) is 50.1 Å². The van der Waals surface area contributed by atoms with E-state index in [9.17, 15) is 9.59 Å². The van der Waals surface area contributed by atoms with Crippen molar-refractivity contribution >= 4 is 45.8 Å². The van der Waals surface area contributed by atoms with E-state index in [1.165, 1.54) is 4.90 Å². The van der Waals surface area contributed by atoms with Gasteiger partial charge in [-0.3, -0.25) is 9.59 Å². The lowest BCUT2D eigenvalue weighted by atomic mass is 10.2. The molecule has 3 aromatic rings. The van der Waals surface area contributed by atoms with Gasteiger partial charge in [0.05, 0.1) is 19.8 Å². The summed E-state index contributed by atoms with van der Waals surface area (Å²) in [7, 11) is 1.56. The Morgan fingerprint density at radius 2 is 1.83 bits per heavy atom. The first-order valence-corrected chi connectivity index (χ1v) is 10.0. The summed E-state index contributed by atoms with van der Waals surface area (Å²) in [6, 6.07) is 14.4. The zero-order valence-electron chi connectivity index (χ0n) is 16.6. The average Bonchev–Trinajstić information content (AvgIpc) is 3.17. The van der Waals surface area contributed by atoms with Crippen LogP contribution in [0.2, 0.25) is 5.02 Å². The highest BCUT2D eigenvalue weighted by atomic mass is 35.5. The van der Waals surface area contributed by atoms with Gasteiger partial charge in [-0.15, -0.1) is 0 Å². The number of ether oxygens (including phenoxy) is 1. The lowest BCUT2D eigenvalue weighted by Gasteiger charge is -2.28. The van der Waals surface area contributed by atoms with Crippen LogP contribution in [0.1, 0.15) is 10.6 Å². The van der Waals surface area contributed by atoms with E-state index in [0.29, 0.717) is 16.3 Å². The Balaban J connectivity index is 1.35. The van der Waals surface area contributed by atoms with Gasteiger partial charge in [-0.1, -0.05) is 11.6 Å². The Bertz CT molecular complexity index is 1060. The first kappa shape index (κ1) is 20.3. The highest BCUT2D eigenvalue weighted by Crippen LogP contribution is 2.24. The molecular formula is C22H22ClN3O4. The summed E-state index contributed by atoms with van der Waals surface area (Å²) in [5.41, 5.74) is 2.34. The number of furan rings is 1. The fourth-order valence-electron chi connectivity index (χ4n) is 3.37. The molecule has 1 aromatic heterocycles. The molecule has 0 spiro atoms. The number of hydrogen-bond donors (Lipinski definition) is 1. The van der Waals surface area contributed by atoms with E-state index >= 15 is 0 Å². The molecule has 1 aliphatic rings. The third-order valence-corrected chi connectivity index (χ3v) is 5.18. The second-order valence-electron chi connectivity index (χ2n) is 7.15. The highest BCUT2D eigenvalue weighted by Gasteiger charge is 2.19. The van der Waals surface area contributed by atoms with E-state index in [1.54, 1.807) is 31.3 Å². The average molecular weight is 428 g/mol. The van der Waals surface area contributed by atoms with Crippen LogP contribution in [0.4, 0.5) is 11.4 Å². The summed E-state index contributed by atoms with van der Waals surface area (Å²) in [5.74, 6) is -0.498. The Morgan fingerprint density at radius 1 is 1.10 bits per heavy atom. The molecule has 2 aromatic carbocycles. The minimum Gasteiger partial charge on any atom is -0.451 e. The zero-order chi connectivity index (χ0) is 21.1. The SMILES string of the molecule is CN(CC(=O)Nc1ccc(N2CCOCC2)cc1)C(=O)c1cc2cc(Cl)ccc2o1. The van der Waals surface area contributed by atoms with Crippen LogP contribution in [0, 0.1) is 0 Å². The van der Waals surface area contributed by atoms with Crippen molar-refractivity contribution in [3.8, 4) is 0 Å². The van der Waals surface area contributed by atoms with E-state index < -0.39 is 0 Å². The maximum atomic E-state index is 12.6. The molecule has 2 heterocycles. The van der Waals surface area contributed by atoms with Crippen LogP contribution in [0.15, 0.2) is 52.9 Å². The molecule has 4 rings (SSSR count). The molecule has 0 saturated carbocycles. The van der Waals surface area contributed by atoms with E-state index in [0.717, 1.165) is 37.4 Å². The van der Waals surface area contributed by atoms with Gasteiger partial charge in [-0.05, 0) is 48.5 Å². The molecule has 2 amide bonds. The van der Waals surface area contributed by atoms with Crippen LogP contribution in [-0.2, 0) is 9.53 Å². The number of hydrogen-bond acceptors (Lipinski definition) is 5. The van der Waals surface area contributed by atoms with Crippen LogP contribution in [-0.4, -0.2) is 56.6 Å². The largest absolute Gasteiger partial charge is 0.451 e. The van der Waals surface area contributed by atoms with Crippen LogP contribution in [0.3, 0.4) is 0 Å². The van der Waals surface area contributed by atoms with Gasteiger partial charge in [0.15, 0.2) is 5.76 Å². The first-order valence-electron chi connectivity index (χ1n) is 9.67. The Hall–Kier alpha value is -3.03. The van der Waals surface area contributed by atoms with Crippen molar-refractivity contribution in [1.82, 2.24) is 4.90 Å². The Morgan fingerprint density at radius 3 is 2.57 bits per heavy atom. The number of rotatable bonds is 5. The van der Waals surface area contributed by atoms with Gasteiger partial charge in [0.2, 0.25) is 5.91 Å². The quantitative estimate of drug-likeness (QED) is 0.673. The van der Waals surface area contributed by atoms with E-state index in [-0.39, 0.29) is 24.1 Å². The summed E-state index contributed by atoms with van der Waals surface area (Å²) in [4.78, 5) is 28.5. The van der Waals surface area contributed by atoms with Gasteiger partial charge < -0.3 is 24.3 Å². The minimum absolute atomic E-state index is 0.0954. The highest BCUT2D eigenvalue weighted by molar-refractivity contribution is 6.31. The van der Waals surface area contributed by atoms with Gasteiger partial charge >= 0.3 is 0 Å². The van der Waals surface area contributed by atoms with Crippen LogP contribution in [0.25, 0.3) is 11.0 Å². The number of amides is 2. The molecule has 156 valence electrons. The molecular weight excluding hydrogens is 406 g/mol. The second-order valence-corrected chi connectivity index (χ2v) is 7.58. The van der Waals surface area contributed by atoms with Gasteiger partial charge in [-0.25, -0.2) is 0 Å². The monoisotopic (exact) mass is 427 g/mol. The predicted octanol–water partition coefficient (Wildman–Crippen LogP) is 3.63. The summed E-state index contributed by atoms with van der Waals surface area (Å²) in [5, 5.41) is 4.12. The Labute approximate surface area is 179 Å². The van der Waals surface area contributed by atoms with E-state index in [4.69, 9.17) is 20.8 Å². The summed E-state index contributed by atoms with van der Waals surface area (Å²) < 4.78 is 10.9. The number of benzene rings is 2. The van der Waals surface area contributed by atoms with Crippen molar-refractivity contribution in [2.24, 2.45) is 0 Å². The smallest absolute Gasteiger partial charge is 0.289 e. The van der Waals surface area contributed by atoms with E-state index in [2.05, 4.69) is 10.2 Å². The van der Waals surface area contributed by atoms with Crippen molar-refractivity contribution in [2.45, 2.75) is 0 Å². The minimum atomic E-state index is -0.375. The number of nitrogens with zero attached hydrogens (tertiary/aromatic N) is 2. The fraction of sp³-hybridized carbons (Fsp3) is 0.273. The molecule has 30 heavy (non-hydrogen) atoms. The molecule has 0 bridgehead atoms. The summed E-state index contributed by atoms with van der Waals surface area (Å²) >= 11 is 5.97. The van der Waals surface area contributed by atoms with Gasteiger partial charge in [0.1, 0.15) is 5.58 Å².